The summed E-state index contributed by atoms with van der Waals surface area (Å²) in [5, 5.41) is 11.6. The lowest BCUT2D eigenvalue weighted by atomic mass is 10.1. The van der Waals surface area contributed by atoms with Crippen molar-refractivity contribution in [3.8, 4) is 0 Å². The Hall–Kier alpha value is -1.94. The lowest BCUT2D eigenvalue weighted by molar-refractivity contribution is 0.318. The summed E-state index contributed by atoms with van der Waals surface area (Å²) in [5.74, 6) is 1.04. The van der Waals surface area contributed by atoms with E-state index in [9.17, 15) is 0 Å². The second-order valence-corrected chi connectivity index (χ2v) is 5.33. The Bertz CT molecular complexity index is 562. The molecular weight excluding hydrogens is 256 g/mol. The lowest BCUT2D eigenvalue weighted by Crippen LogP contribution is -2.12. The number of rotatable bonds is 4. The topological polar surface area (TPSA) is 58.6 Å². The van der Waals surface area contributed by atoms with Gasteiger partial charge in [0.25, 0.3) is 0 Å². The van der Waals surface area contributed by atoms with Gasteiger partial charge in [-0.3, -0.25) is 0 Å². The molecule has 19 heavy (non-hydrogen) atoms. The van der Waals surface area contributed by atoms with Crippen LogP contribution < -0.4 is 5.73 Å². The van der Waals surface area contributed by atoms with Crippen LogP contribution in [0, 0.1) is 6.92 Å². The van der Waals surface area contributed by atoms with E-state index in [0.29, 0.717) is 0 Å². The molecule has 2 aromatic carbocycles. The molecule has 4 heteroatoms. The molecule has 0 bridgehead atoms. The van der Waals surface area contributed by atoms with Crippen molar-refractivity contribution in [1.82, 2.24) is 0 Å². The van der Waals surface area contributed by atoms with E-state index in [1.165, 1.54) is 16.0 Å². The summed E-state index contributed by atoms with van der Waals surface area (Å²) in [5.41, 5.74) is 8.73. The van der Waals surface area contributed by atoms with Crippen molar-refractivity contribution < 1.29 is 5.21 Å². The van der Waals surface area contributed by atoms with Crippen molar-refractivity contribution in [2.75, 3.05) is 0 Å². The molecule has 0 aliphatic heterocycles. The zero-order valence-corrected chi connectivity index (χ0v) is 11.5. The van der Waals surface area contributed by atoms with E-state index in [1.807, 2.05) is 24.3 Å². The Morgan fingerprint density at radius 1 is 1.11 bits per heavy atom. The van der Waals surface area contributed by atoms with Gasteiger partial charge in [-0.15, -0.1) is 11.8 Å². The third kappa shape index (κ3) is 3.76. The van der Waals surface area contributed by atoms with Crippen molar-refractivity contribution in [3.63, 3.8) is 0 Å². The molecule has 0 aromatic heterocycles. The zero-order chi connectivity index (χ0) is 13.7. The number of amidine groups is 1. The average Bonchev–Trinajstić information content (AvgIpc) is 2.46. The highest BCUT2D eigenvalue weighted by Crippen LogP contribution is 2.23. The number of oxime groups is 1. The maximum Gasteiger partial charge on any atom is 0.170 e. The van der Waals surface area contributed by atoms with Gasteiger partial charge in [-0.25, -0.2) is 0 Å². The van der Waals surface area contributed by atoms with Gasteiger partial charge in [-0.2, -0.15) is 0 Å². The van der Waals surface area contributed by atoms with Gasteiger partial charge in [0.1, 0.15) is 0 Å². The number of benzene rings is 2. The van der Waals surface area contributed by atoms with E-state index in [4.69, 9.17) is 10.9 Å². The van der Waals surface area contributed by atoms with Gasteiger partial charge in [0.15, 0.2) is 5.84 Å². The van der Waals surface area contributed by atoms with Gasteiger partial charge >= 0.3 is 0 Å². The molecule has 0 saturated heterocycles. The first-order chi connectivity index (χ1) is 9.19. The van der Waals surface area contributed by atoms with E-state index in [0.717, 1.165) is 11.3 Å². The molecule has 98 valence electrons. The van der Waals surface area contributed by atoms with Crippen LogP contribution in [0.25, 0.3) is 0 Å². The number of hydrogen-bond donors (Lipinski definition) is 2. The monoisotopic (exact) mass is 272 g/mol. The Balaban J connectivity index is 1.98. The summed E-state index contributed by atoms with van der Waals surface area (Å²) in [6.07, 6.45) is 0. The van der Waals surface area contributed by atoms with Gasteiger partial charge in [0.05, 0.1) is 0 Å². The molecule has 0 heterocycles. The number of thioether (sulfide) groups is 1. The summed E-state index contributed by atoms with van der Waals surface area (Å²) < 4.78 is 0. The summed E-state index contributed by atoms with van der Waals surface area (Å²) >= 11 is 1.79. The van der Waals surface area contributed by atoms with Crippen LogP contribution in [0.15, 0.2) is 58.6 Å². The zero-order valence-electron chi connectivity index (χ0n) is 10.7. The SMILES string of the molecule is Cc1ccc(SCc2ccc(/C(N)=N/O)cc2)cc1. The van der Waals surface area contributed by atoms with Gasteiger partial charge in [-0.1, -0.05) is 47.1 Å². The molecule has 3 N–H and O–H groups in total. The average molecular weight is 272 g/mol. The minimum Gasteiger partial charge on any atom is -0.409 e. The van der Waals surface area contributed by atoms with E-state index >= 15 is 0 Å². The van der Waals surface area contributed by atoms with Crippen LogP contribution in [-0.4, -0.2) is 11.0 Å². The highest BCUT2D eigenvalue weighted by Gasteiger charge is 2.00. The van der Waals surface area contributed by atoms with Crippen molar-refractivity contribution >= 4 is 17.6 Å². The highest BCUT2D eigenvalue weighted by atomic mass is 32.2. The van der Waals surface area contributed by atoms with E-state index < -0.39 is 0 Å². The van der Waals surface area contributed by atoms with Gasteiger partial charge < -0.3 is 10.9 Å². The van der Waals surface area contributed by atoms with Gasteiger partial charge in [0.2, 0.25) is 0 Å². The van der Waals surface area contributed by atoms with Crippen molar-refractivity contribution in [3.05, 3.63) is 65.2 Å². The van der Waals surface area contributed by atoms with Crippen LogP contribution >= 0.6 is 11.8 Å². The smallest absolute Gasteiger partial charge is 0.170 e. The lowest BCUT2D eigenvalue weighted by Gasteiger charge is -2.04. The maximum atomic E-state index is 8.59. The summed E-state index contributed by atoms with van der Waals surface area (Å²) in [6, 6.07) is 16.2. The molecule has 0 radical (unpaired) electrons. The first-order valence-electron chi connectivity index (χ1n) is 5.95. The van der Waals surface area contributed by atoms with Gasteiger partial charge in [-0.05, 0) is 24.6 Å². The summed E-state index contributed by atoms with van der Waals surface area (Å²) in [6.45, 7) is 2.08. The third-order valence-electron chi connectivity index (χ3n) is 2.78. The highest BCUT2D eigenvalue weighted by molar-refractivity contribution is 7.98. The number of hydrogen-bond acceptors (Lipinski definition) is 3. The Labute approximate surface area is 117 Å². The standard InChI is InChI=1S/C15H16N2OS/c1-11-2-8-14(9-3-11)19-10-12-4-6-13(7-5-12)15(16)17-18/h2-9,18H,10H2,1H3,(H2,16,17). The molecule has 0 aliphatic rings. The van der Waals surface area contributed by atoms with Crippen LogP contribution in [-0.2, 0) is 5.75 Å². The molecule has 0 saturated carbocycles. The largest absolute Gasteiger partial charge is 0.409 e. The van der Waals surface area contributed by atoms with Crippen LogP contribution in [0.3, 0.4) is 0 Å². The fourth-order valence-electron chi connectivity index (χ4n) is 1.63. The minimum atomic E-state index is 0.137. The van der Waals surface area contributed by atoms with Crippen molar-refractivity contribution in [2.24, 2.45) is 10.9 Å². The molecule has 0 aliphatic carbocycles. The summed E-state index contributed by atoms with van der Waals surface area (Å²) in [7, 11) is 0. The first kappa shape index (κ1) is 13.5. The third-order valence-corrected chi connectivity index (χ3v) is 3.87. The fourth-order valence-corrected chi connectivity index (χ4v) is 2.48. The number of nitrogens with two attached hydrogens (primary N) is 1. The van der Waals surface area contributed by atoms with Crippen LogP contribution in [0.1, 0.15) is 16.7 Å². The second-order valence-electron chi connectivity index (χ2n) is 4.28. The Kier molecular flexibility index (Phi) is 4.47. The van der Waals surface area contributed by atoms with Crippen LogP contribution in [0.2, 0.25) is 0 Å². The molecule has 0 fully saturated rings. The fraction of sp³-hybridized carbons (Fsp3) is 0.133. The Morgan fingerprint density at radius 2 is 1.74 bits per heavy atom. The van der Waals surface area contributed by atoms with E-state index in [2.05, 4.69) is 36.3 Å². The summed E-state index contributed by atoms with van der Waals surface area (Å²) in [4.78, 5) is 1.26. The molecule has 3 nitrogen and oxygen atoms in total. The van der Waals surface area contributed by atoms with Gasteiger partial charge in [0, 0.05) is 16.2 Å². The number of nitrogens with zero attached hydrogens (tertiary/aromatic N) is 1. The van der Waals surface area contributed by atoms with E-state index in [1.54, 1.807) is 11.8 Å². The molecule has 0 unspecified atom stereocenters. The van der Waals surface area contributed by atoms with Crippen molar-refractivity contribution in [1.29, 1.82) is 0 Å². The number of aryl methyl sites for hydroxylation is 1. The predicted octanol–water partition coefficient (Wildman–Crippen LogP) is 3.38. The minimum absolute atomic E-state index is 0.137. The molecule has 0 amide bonds. The Morgan fingerprint density at radius 3 is 2.32 bits per heavy atom. The molecule has 2 rings (SSSR count). The van der Waals surface area contributed by atoms with Crippen molar-refractivity contribution in [2.45, 2.75) is 17.6 Å². The van der Waals surface area contributed by atoms with Crippen LogP contribution in [0.5, 0.6) is 0 Å². The quantitative estimate of drug-likeness (QED) is 0.295. The molecule has 2 aromatic rings. The predicted molar refractivity (Wildman–Crippen MR) is 79.7 cm³/mol. The first-order valence-corrected chi connectivity index (χ1v) is 6.94. The molecule has 0 spiro atoms. The normalized spacial score (nSPS) is 11.5. The maximum absolute atomic E-state index is 8.59. The van der Waals surface area contributed by atoms with Crippen LogP contribution in [0.4, 0.5) is 0 Å². The second kappa shape index (κ2) is 6.29. The molecule has 0 atom stereocenters. The van der Waals surface area contributed by atoms with E-state index in [-0.39, 0.29) is 5.84 Å². The molecular formula is C15H16N2OS.